The summed E-state index contributed by atoms with van der Waals surface area (Å²) in [4.78, 5) is 11.8. The van der Waals surface area contributed by atoms with Crippen LogP contribution in [0.3, 0.4) is 0 Å². The molecule has 2 saturated heterocycles. The second-order valence-corrected chi connectivity index (χ2v) is 6.49. The van der Waals surface area contributed by atoms with Crippen molar-refractivity contribution in [2.75, 3.05) is 13.2 Å². The minimum Gasteiger partial charge on any atom is -0.465 e. The molecule has 2 aliphatic rings. The van der Waals surface area contributed by atoms with E-state index < -0.39 is 0 Å². The van der Waals surface area contributed by atoms with E-state index in [1.54, 1.807) is 0 Å². The normalized spacial score (nSPS) is 30.8. The highest BCUT2D eigenvalue weighted by Gasteiger charge is 2.41. The van der Waals surface area contributed by atoms with Gasteiger partial charge >= 0.3 is 5.97 Å². The molecule has 4 nitrogen and oxygen atoms in total. The van der Waals surface area contributed by atoms with Gasteiger partial charge in [-0.3, -0.25) is 4.79 Å². The summed E-state index contributed by atoms with van der Waals surface area (Å²) in [5, 5.41) is 0. The van der Waals surface area contributed by atoms with Crippen molar-refractivity contribution < 1.29 is 14.3 Å². The largest absolute Gasteiger partial charge is 0.465 e. The molecule has 2 fully saturated rings. The molecule has 4 heteroatoms. The molecule has 0 aliphatic carbocycles. The monoisotopic (exact) mass is 269 g/mol. The predicted octanol–water partition coefficient (Wildman–Crippen LogP) is 2.11. The van der Waals surface area contributed by atoms with Crippen LogP contribution in [0.4, 0.5) is 0 Å². The van der Waals surface area contributed by atoms with Crippen LogP contribution in [0.1, 0.15) is 46.0 Å². The summed E-state index contributed by atoms with van der Waals surface area (Å²) in [5.41, 5.74) is 5.71. The summed E-state index contributed by atoms with van der Waals surface area (Å²) in [6, 6.07) is 0. The number of nitrogens with two attached hydrogens (primary N) is 1. The zero-order valence-electron chi connectivity index (χ0n) is 12.1. The summed E-state index contributed by atoms with van der Waals surface area (Å²) in [7, 11) is 0. The van der Waals surface area contributed by atoms with Gasteiger partial charge in [0, 0.05) is 12.3 Å². The number of fused-ring (bicyclic) bond motifs is 2. The average Bonchev–Trinajstić information content (AvgIpc) is 2.97. The van der Waals surface area contributed by atoms with Crippen molar-refractivity contribution in [3.05, 3.63) is 0 Å². The van der Waals surface area contributed by atoms with Gasteiger partial charge in [-0.05, 0) is 44.1 Å². The summed E-state index contributed by atoms with van der Waals surface area (Å²) in [5.74, 6) is 1.15. The van der Waals surface area contributed by atoms with Gasteiger partial charge in [-0.25, -0.2) is 0 Å². The minimum absolute atomic E-state index is 0.0983. The molecule has 3 unspecified atom stereocenters. The number of carbonyl (C=O) groups excluding carboxylic acids is 1. The van der Waals surface area contributed by atoms with E-state index in [2.05, 4.69) is 13.8 Å². The fraction of sp³-hybridized carbons (Fsp3) is 0.933. The summed E-state index contributed by atoms with van der Waals surface area (Å²) in [6.45, 7) is 5.39. The first-order valence-corrected chi connectivity index (χ1v) is 7.59. The number of hydrogen-bond acceptors (Lipinski definition) is 4. The van der Waals surface area contributed by atoms with E-state index in [4.69, 9.17) is 15.2 Å². The Labute approximate surface area is 116 Å². The van der Waals surface area contributed by atoms with Crippen molar-refractivity contribution in [1.29, 1.82) is 0 Å². The SMILES string of the molecule is CC(C)C[C@H](CN)CC(=O)OCC1CC2CCC1O2. The molecule has 0 radical (unpaired) electrons. The lowest BCUT2D eigenvalue weighted by Gasteiger charge is -2.20. The molecule has 110 valence electrons. The first-order chi connectivity index (χ1) is 9.08. The van der Waals surface area contributed by atoms with E-state index in [9.17, 15) is 4.79 Å². The van der Waals surface area contributed by atoms with Gasteiger partial charge in [0.1, 0.15) is 0 Å². The standard InChI is InChI=1S/C15H27NO3/c1-10(2)5-11(8-16)6-15(17)18-9-12-7-13-3-4-14(12)19-13/h10-14H,3-9,16H2,1-2H3/t11-,12?,13?,14?/m0/s1. The Morgan fingerprint density at radius 3 is 2.74 bits per heavy atom. The molecule has 0 saturated carbocycles. The Morgan fingerprint density at radius 1 is 1.42 bits per heavy atom. The quantitative estimate of drug-likeness (QED) is 0.719. The molecule has 2 bridgehead atoms. The van der Waals surface area contributed by atoms with Crippen molar-refractivity contribution in [3.8, 4) is 0 Å². The first-order valence-electron chi connectivity index (χ1n) is 7.59. The molecule has 0 amide bonds. The maximum Gasteiger partial charge on any atom is 0.306 e. The first kappa shape index (κ1) is 14.8. The topological polar surface area (TPSA) is 61.6 Å². The summed E-state index contributed by atoms with van der Waals surface area (Å²) in [6.07, 6.45) is 5.57. The summed E-state index contributed by atoms with van der Waals surface area (Å²) < 4.78 is 11.2. The lowest BCUT2D eigenvalue weighted by molar-refractivity contribution is -0.146. The van der Waals surface area contributed by atoms with Gasteiger partial charge in [-0.1, -0.05) is 13.8 Å². The Bertz CT molecular complexity index is 306. The second kappa shape index (κ2) is 6.71. The van der Waals surface area contributed by atoms with Crippen LogP contribution in [0, 0.1) is 17.8 Å². The van der Waals surface area contributed by atoms with Crippen molar-refractivity contribution in [1.82, 2.24) is 0 Å². The smallest absolute Gasteiger partial charge is 0.306 e. The number of hydrogen-bond donors (Lipinski definition) is 1. The van der Waals surface area contributed by atoms with E-state index >= 15 is 0 Å². The molecule has 0 aromatic rings. The van der Waals surface area contributed by atoms with Crippen LogP contribution in [0.5, 0.6) is 0 Å². The zero-order valence-corrected chi connectivity index (χ0v) is 12.1. The Morgan fingerprint density at radius 2 is 2.21 bits per heavy atom. The van der Waals surface area contributed by atoms with E-state index in [1.807, 2.05) is 0 Å². The van der Waals surface area contributed by atoms with Gasteiger partial charge in [-0.15, -0.1) is 0 Å². The van der Waals surface area contributed by atoms with Crippen LogP contribution in [-0.4, -0.2) is 31.3 Å². The number of carbonyl (C=O) groups is 1. The maximum absolute atomic E-state index is 11.8. The Kier molecular flexibility index (Phi) is 5.22. The van der Waals surface area contributed by atoms with E-state index in [0.717, 1.165) is 19.3 Å². The zero-order chi connectivity index (χ0) is 13.8. The molecule has 2 rings (SSSR count). The fourth-order valence-corrected chi connectivity index (χ4v) is 3.34. The fourth-order valence-electron chi connectivity index (χ4n) is 3.34. The summed E-state index contributed by atoms with van der Waals surface area (Å²) >= 11 is 0. The van der Waals surface area contributed by atoms with Crippen molar-refractivity contribution in [2.24, 2.45) is 23.5 Å². The van der Waals surface area contributed by atoms with Gasteiger partial charge < -0.3 is 15.2 Å². The second-order valence-electron chi connectivity index (χ2n) is 6.49. The molecular weight excluding hydrogens is 242 g/mol. The maximum atomic E-state index is 11.8. The number of esters is 1. The average molecular weight is 269 g/mol. The lowest BCUT2D eigenvalue weighted by atomic mass is 9.90. The molecule has 0 spiro atoms. The van der Waals surface area contributed by atoms with Crippen LogP contribution in [0.2, 0.25) is 0 Å². The molecule has 0 aromatic carbocycles. The highest BCUT2D eigenvalue weighted by atomic mass is 16.5. The molecule has 2 heterocycles. The third kappa shape index (κ3) is 4.18. The minimum atomic E-state index is -0.0983. The van der Waals surface area contributed by atoms with Crippen LogP contribution in [-0.2, 0) is 14.3 Å². The van der Waals surface area contributed by atoms with Gasteiger partial charge in [0.15, 0.2) is 0 Å². The molecule has 4 atom stereocenters. The lowest BCUT2D eigenvalue weighted by Crippen LogP contribution is -2.25. The Hall–Kier alpha value is -0.610. The van der Waals surface area contributed by atoms with Gasteiger partial charge in [0.2, 0.25) is 0 Å². The van der Waals surface area contributed by atoms with Crippen LogP contribution >= 0.6 is 0 Å². The van der Waals surface area contributed by atoms with Crippen LogP contribution in [0.25, 0.3) is 0 Å². The van der Waals surface area contributed by atoms with Crippen LogP contribution < -0.4 is 5.73 Å². The molecule has 2 aliphatic heterocycles. The number of ether oxygens (including phenoxy) is 2. The highest BCUT2D eigenvalue weighted by Crippen LogP contribution is 2.38. The van der Waals surface area contributed by atoms with E-state index in [0.29, 0.717) is 43.6 Å². The molecular formula is C15H27NO3. The van der Waals surface area contributed by atoms with Crippen LogP contribution in [0.15, 0.2) is 0 Å². The number of rotatable bonds is 7. The third-order valence-electron chi connectivity index (χ3n) is 4.28. The molecule has 2 N–H and O–H groups in total. The van der Waals surface area contributed by atoms with E-state index in [1.165, 1.54) is 6.42 Å². The van der Waals surface area contributed by atoms with Gasteiger partial charge in [0.25, 0.3) is 0 Å². The Balaban J connectivity index is 1.66. The van der Waals surface area contributed by atoms with Crippen molar-refractivity contribution in [2.45, 2.75) is 58.2 Å². The van der Waals surface area contributed by atoms with Gasteiger partial charge in [0.05, 0.1) is 18.8 Å². The van der Waals surface area contributed by atoms with Gasteiger partial charge in [-0.2, -0.15) is 0 Å². The highest BCUT2D eigenvalue weighted by molar-refractivity contribution is 5.69. The molecule has 0 aromatic heterocycles. The third-order valence-corrected chi connectivity index (χ3v) is 4.28. The van der Waals surface area contributed by atoms with E-state index in [-0.39, 0.29) is 11.9 Å². The van der Waals surface area contributed by atoms with Crippen molar-refractivity contribution in [3.63, 3.8) is 0 Å². The molecule has 19 heavy (non-hydrogen) atoms. The predicted molar refractivity (Wildman–Crippen MR) is 73.6 cm³/mol. The van der Waals surface area contributed by atoms with Crippen molar-refractivity contribution >= 4 is 5.97 Å².